The van der Waals surface area contributed by atoms with Gasteiger partial charge in [0, 0.05) is 35.7 Å². The van der Waals surface area contributed by atoms with Crippen molar-refractivity contribution >= 4 is 28.3 Å². The second kappa shape index (κ2) is 8.75. The van der Waals surface area contributed by atoms with Crippen molar-refractivity contribution in [3.8, 4) is 5.75 Å². The lowest BCUT2D eigenvalue weighted by Crippen LogP contribution is -2.25. The Morgan fingerprint density at radius 3 is 2.86 bits per heavy atom. The third-order valence-corrected chi connectivity index (χ3v) is 5.34. The van der Waals surface area contributed by atoms with E-state index < -0.39 is 10.8 Å². The Kier molecular flexibility index (Phi) is 6.36. The number of halogens is 1. The Bertz CT molecular complexity index is 906. The molecule has 28 heavy (non-hydrogen) atoms. The second-order valence-corrected chi connectivity index (χ2v) is 7.72. The highest BCUT2D eigenvalue weighted by molar-refractivity contribution is 6.18. The Morgan fingerprint density at radius 1 is 1.39 bits per heavy atom. The monoisotopic (exact) mass is 405 g/mol. The molecule has 0 spiro atoms. The number of H-pyrrole nitrogens is 1. The first-order chi connectivity index (χ1) is 13.4. The van der Waals surface area contributed by atoms with E-state index in [9.17, 15) is 14.9 Å². The molecule has 0 saturated carbocycles. The standard InChI is InChI=1S/C20H24ClN3O4/c1-23(2)5-6-28-17-3-4-18-14(10-17)11-19(22-18)20(25)15-7-13(12-21)8-16(9-15)24(26)27/h3-4,8,10-11,13,15,22H,5-7,9,12H2,1-2H3. The molecule has 2 atom stereocenters. The van der Waals surface area contributed by atoms with Crippen LogP contribution in [0.3, 0.4) is 0 Å². The zero-order valence-electron chi connectivity index (χ0n) is 16.0. The predicted molar refractivity (Wildman–Crippen MR) is 109 cm³/mol. The van der Waals surface area contributed by atoms with Gasteiger partial charge in [0.25, 0.3) is 0 Å². The van der Waals surface area contributed by atoms with Crippen LogP contribution in [0.15, 0.2) is 36.0 Å². The van der Waals surface area contributed by atoms with Gasteiger partial charge in [-0.3, -0.25) is 14.9 Å². The number of nitro groups is 1. The largest absolute Gasteiger partial charge is 0.492 e. The van der Waals surface area contributed by atoms with Crippen LogP contribution >= 0.6 is 11.6 Å². The number of hydrogen-bond acceptors (Lipinski definition) is 5. The maximum Gasteiger partial charge on any atom is 0.243 e. The van der Waals surface area contributed by atoms with Gasteiger partial charge in [-0.2, -0.15) is 0 Å². The van der Waals surface area contributed by atoms with Crippen LogP contribution in [-0.2, 0) is 0 Å². The smallest absolute Gasteiger partial charge is 0.243 e. The van der Waals surface area contributed by atoms with Crippen molar-refractivity contribution in [2.45, 2.75) is 12.8 Å². The van der Waals surface area contributed by atoms with Gasteiger partial charge in [0.2, 0.25) is 5.70 Å². The van der Waals surface area contributed by atoms with E-state index in [-0.39, 0.29) is 29.7 Å². The Hall–Kier alpha value is -2.38. The minimum Gasteiger partial charge on any atom is -0.492 e. The van der Waals surface area contributed by atoms with Gasteiger partial charge in [0.05, 0.1) is 10.6 Å². The molecule has 2 aromatic rings. The van der Waals surface area contributed by atoms with Crippen molar-refractivity contribution in [3.63, 3.8) is 0 Å². The van der Waals surface area contributed by atoms with E-state index in [4.69, 9.17) is 16.3 Å². The van der Waals surface area contributed by atoms with Crippen molar-refractivity contribution in [3.05, 3.63) is 51.8 Å². The molecule has 0 bridgehead atoms. The van der Waals surface area contributed by atoms with Gasteiger partial charge < -0.3 is 14.6 Å². The topological polar surface area (TPSA) is 88.5 Å². The first-order valence-corrected chi connectivity index (χ1v) is 9.76. The number of allylic oxidation sites excluding steroid dienone is 2. The molecule has 0 fully saturated rings. The predicted octanol–water partition coefficient (Wildman–Crippen LogP) is 3.72. The van der Waals surface area contributed by atoms with E-state index in [2.05, 4.69) is 4.98 Å². The summed E-state index contributed by atoms with van der Waals surface area (Å²) in [5.74, 6) is 0.282. The number of likely N-dealkylation sites (N-methyl/N-ethyl adjacent to an activating group) is 1. The summed E-state index contributed by atoms with van der Waals surface area (Å²) >= 11 is 5.91. The molecule has 0 amide bonds. The highest BCUT2D eigenvalue weighted by atomic mass is 35.5. The van der Waals surface area contributed by atoms with Crippen LogP contribution in [-0.4, -0.2) is 53.7 Å². The number of benzene rings is 1. The van der Waals surface area contributed by atoms with Crippen LogP contribution in [0.5, 0.6) is 5.75 Å². The number of nitrogens with one attached hydrogen (secondary N) is 1. The highest BCUT2D eigenvalue weighted by Crippen LogP contribution is 2.32. The summed E-state index contributed by atoms with van der Waals surface area (Å²) in [4.78, 5) is 28.9. The van der Waals surface area contributed by atoms with Crippen LogP contribution in [0.2, 0.25) is 0 Å². The van der Waals surface area contributed by atoms with Crippen molar-refractivity contribution in [1.29, 1.82) is 0 Å². The van der Waals surface area contributed by atoms with E-state index in [0.717, 1.165) is 23.2 Å². The minimum atomic E-state index is -0.446. The molecule has 2 unspecified atom stereocenters. The number of ether oxygens (including phenoxy) is 1. The summed E-state index contributed by atoms with van der Waals surface area (Å²) in [6.07, 6.45) is 2.24. The minimum absolute atomic E-state index is 0.0722. The van der Waals surface area contributed by atoms with Gasteiger partial charge in [-0.15, -0.1) is 11.6 Å². The van der Waals surface area contributed by atoms with Crippen LogP contribution in [0, 0.1) is 22.0 Å². The molecule has 1 aromatic heterocycles. The third-order valence-electron chi connectivity index (χ3n) is 4.94. The summed E-state index contributed by atoms with van der Waals surface area (Å²) in [6.45, 7) is 1.39. The normalized spacial score (nSPS) is 19.6. The Labute approximate surface area is 168 Å². The number of fused-ring (bicyclic) bond motifs is 1. The number of ketones is 1. The van der Waals surface area contributed by atoms with E-state index >= 15 is 0 Å². The van der Waals surface area contributed by atoms with Crippen molar-refractivity contribution in [2.24, 2.45) is 11.8 Å². The van der Waals surface area contributed by atoms with E-state index in [1.807, 2.05) is 37.2 Å². The number of aromatic amines is 1. The summed E-state index contributed by atoms with van der Waals surface area (Å²) in [7, 11) is 3.96. The summed E-state index contributed by atoms with van der Waals surface area (Å²) in [6, 6.07) is 7.42. The van der Waals surface area contributed by atoms with Crippen LogP contribution < -0.4 is 4.74 Å². The molecule has 0 aliphatic heterocycles. The first kappa shape index (κ1) is 20.4. The van der Waals surface area contributed by atoms with Crippen molar-refractivity contribution in [1.82, 2.24) is 9.88 Å². The number of Topliss-reactive ketones (excluding diaryl/α,β-unsaturated/α-hetero) is 1. The van der Waals surface area contributed by atoms with E-state index in [0.29, 0.717) is 18.7 Å². The Balaban J connectivity index is 1.76. The molecular weight excluding hydrogens is 382 g/mol. The van der Waals surface area contributed by atoms with E-state index in [1.165, 1.54) is 0 Å². The molecule has 1 aromatic carbocycles. The van der Waals surface area contributed by atoms with Gasteiger partial charge in [-0.1, -0.05) is 0 Å². The number of carbonyl (C=O) groups is 1. The van der Waals surface area contributed by atoms with Gasteiger partial charge >= 0.3 is 0 Å². The summed E-state index contributed by atoms with van der Waals surface area (Å²) < 4.78 is 5.74. The molecule has 0 radical (unpaired) electrons. The maximum atomic E-state index is 13.0. The van der Waals surface area contributed by atoms with Gasteiger partial charge in [-0.05, 0) is 56.8 Å². The lowest BCUT2D eigenvalue weighted by molar-refractivity contribution is -0.430. The van der Waals surface area contributed by atoms with Gasteiger partial charge in [-0.25, -0.2) is 0 Å². The van der Waals surface area contributed by atoms with Crippen LogP contribution in [0.1, 0.15) is 23.3 Å². The molecule has 0 saturated heterocycles. The van der Waals surface area contributed by atoms with Crippen LogP contribution in [0.4, 0.5) is 0 Å². The number of aromatic nitrogens is 1. The number of nitrogens with zero attached hydrogens (tertiary/aromatic N) is 2. The number of rotatable bonds is 8. The second-order valence-electron chi connectivity index (χ2n) is 7.41. The molecule has 1 N–H and O–H groups in total. The molecule has 3 rings (SSSR count). The number of carbonyl (C=O) groups excluding carboxylic acids is 1. The highest BCUT2D eigenvalue weighted by Gasteiger charge is 2.33. The third kappa shape index (κ3) is 4.72. The Morgan fingerprint density at radius 2 is 2.18 bits per heavy atom. The van der Waals surface area contributed by atoms with Gasteiger partial charge in [0.15, 0.2) is 5.78 Å². The SMILES string of the molecule is CN(C)CCOc1ccc2[nH]c(C(=O)C3CC([N+](=O)[O-])=CC(CCl)C3)cc2c1. The quantitative estimate of drug-likeness (QED) is 0.313. The molecule has 1 heterocycles. The van der Waals surface area contributed by atoms with Crippen molar-refractivity contribution in [2.75, 3.05) is 33.1 Å². The molecule has 8 heteroatoms. The number of alkyl halides is 1. The average Bonchev–Trinajstić information content (AvgIpc) is 3.10. The molecule has 1 aliphatic carbocycles. The molecule has 1 aliphatic rings. The fourth-order valence-electron chi connectivity index (χ4n) is 3.45. The maximum absolute atomic E-state index is 13.0. The van der Waals surface area contributed by atoms with Gasteiger partial charge in [0.1, 0.15) is 12.4 Å². The molecule has 7 nitrogen and oxygen atoms in total. The molecular formula is C20H24ClN3O4. The zero-order valence-corrected chi connectivity index (χ0v) is 16.7. The summed E-state index contributed by atoms with van der Waals surface area (Å²) in [5, 5.41) is 12.1. The zero-order chi connectivity index (χ0) is 20.3. The lowest BCUT2D eigenvalue weighted by atomic mass is 9.82. The lowest BCUT2D eigenvalue weighted by Gasteiger charge is -2.22. The fraction of sp³-hybridized carbons (Fsp3) is 0.450. The van der Waals surface area contributed by atoms with E-state index in [1.54, 1.807) is 12.1 Å². The number of hydrogen-bond donors (Lipinski definition) is 1. The molecule has 150 valence electrons. The van der Waals surface area contributed by atoms with Crippen molar-refractivity contribution < 1.29 is 14.5 Å². The average molecular weight is 406 g/mol. The van der Waals surface area contributed by atoms with Crippen LogP contribution in [0.25, 0.3) is 10.9 Å². The summed E-state index contributed by atoms with van der Waals surface area (Å²) in [5.41, 5.74) is 1.37. The first-order valence-electron chi connectivity index (χ1n) is 9.23. The fourth-order valence-corrected chi connectivity index (χ4v) is 3.67.